The maximum Gasteiger partial charge on any atom is 0.173 e. The predicted octanol–water partition coefficient (Wildman–Crippen LogP) is 4.25. The highest BCUT2D eigenvalue weighted by molar-refractivity contribution is 7.80. The highest BCUT2D eigenvalue weighted by Crippen LogP contribution is 2.20. The first-order valence-electron chi connectivity index (χ1n) is 8.16. The molecule has 0 fully saturated rings. The maximum absolute atomic E-state index is 13.3. The number of rotatable bonds is 6. The van der Waals surface area contributed by atoms with Gasteiger partial charge in [0.25, 0.3) is 0 Å². The van der Waals surface area contributed by atoms with E-state index in [0.717, 1.165) is 12.0 Å². The molecule has 0 aliphatic heterocycles. The van der Waals surface area contributed by atoms with E-state index in [2.05, 4.69) is 27.9 Å². The van der Waals surface area contributed by atoms with E-state index >= 15 is 0 Å². The minimum absolute atomic E-state index is 0.275. The van der Waals surface area contributed by atoms with E-state index in [-0.39, 0.29) is 5.82 Å². The Kier molecular flexibility index (Phi) is 6.20. The molecule has 3 rings (SSSR count). The van der Waals surface area contributed by atoms with Crippen molar-refractivity contribution in [3.05, 3.63) is 82.8 Å². The molecule has 0 bridgehead atoms. The summed E-state index contributed by atoms with van der Waals surface area (Å²) in [5.74, 6) is 0.197. The molecule has 1 heterocycles. The quantitative estimate of drug-likeness (QED) is 0.619. The molecule has 2 aromatic carbocycles. The molecule has 4 nitrogen and oxygen atoms in total. The van der Waals surface area contributed by atoms with E-state index < -0.39 is 0 Å². The van der Waals surface area contributed by atoms with Crippen LogP contribution < -0.4 is 10.6 Å². The fraction of sp³-hybridized carbons (Fsp3) is 0.158. The van der Waals surface area contributed by atoms with Crippen molar-refractivity contribution in [3.8, 4) is 0 Å². The average molecular weight is 389 g/mol. The van der Waals surface area contributed by atoms with Crippen molar-refractivity contribution < 1.29 is 4.39 Å². The number of nitrogens with zero attached hydrogens (tertiary/aromatic N) is 2. The summed E-state index contributed by atoms with van der Waals surface area (Å²) in [7, 11) is 0. The Morgan fingerprint density at radius 3 is 2.65 bits per heavy atom. The highest BCUT2D eigenvalue weighted by Gasteiger charge is 2.09. The molecular weight excluding hydrogens is 371 g/mol. The molecule has 134 valence electrons. The molecule has 1 aromatic heterocycles. The summed E-state index contributed by atoms with van der Waals surface area (Å²) in [5.41, 5.74) is 2.04. The summed E-state index contributed by atoms with van der Waals surface area (Å²) in [6, 6.07) is 16.5. The van der Waals surface area contributed by atoms with Crippen LogP contribution in [0.5, 0.6) is 0 Å². The van der Waals surface area contributed by atoms with Crippen molar-refractivity contribution in [1.29, 1.82) is 0 Å². The molecule has 26 heavy (non-hydrogen) atoms. The largest absolute Gasteiger partial charge is 0.362 e. The molecular formula is C19H18ClFN4S. The van der Waals surface area contributed by atoms with Crippen molar-refractivity contribution in [2.45, 2.75) is 13.0 Å². The third kappa shape index (κ3) is 5.28. The van der Waals surface area contributed by atoms with Crippen LogP contribution >= 0.6 is 23.8 Å². The normalized spacial score (nSPS) is 10.5. The molecule has 0 radical (unpaired) electrons. The van der Waals surface area contributed by atoms with Crippen LogP contribution in [-0.4, -0.2) is 21.4 Å². The minimum Gasteiger partial charge on any atom is -0.362 e. The Morgan fingerprint density at radius 2 is 1.88 bits per heavy atom. The molecule has 0 atom stereocenters. The summed E-state index contributed by atoms with van der Waals surface area (Å²) >= 11 is 11.5. The van der Waals surface area contributed by atoms with E-state index in [1.165, 1.54) is 17.7 Å². The summed E-state index contributed by atoms with van der Waals surface area (Å²) < 4.78 is 14.9. The van der Waals surface area contributed by atoms with Gasteiger partial charge in [-0.25, -0.2) is 4.39 Å². The van der Waals surface area contributed by atoms with Gasteiger partial charge in [-0.1, -0.05) is 54.1 Å². The summed E-state index contributed by atoms with van der Waals surface area (Å²) in [6.07, 6.45) is 2.55. The van der Waals surface area contributed by atoms with Crippen LogP contribution in [0.4, 0.5) is 10.2 Å². The van der Waals surface area contributed by atoms with Crippen LogP contribution in [0.2, 0.25) is 5.02 Å². The number of nitrogens with one attached hydrogen (secondary N) is 2. The van der Waals surface area contributed by atoms with E-state index in [4.69, 9.17) is 23.8 Å². The Morgan fingerprint density at radius 1 is 1.12 bits per heavy atom. The highest BCUT2D eigenvalue weighted by atomic mass is 35.5. The average Bonchev–Trinajstić information content (AvgIpc) is 2.95. The van der Waals surface area contributed by atoms with Gasteiger partial charge in [-0.05, 0) is 41.9 Å². The number of benzene rings is 2. The van der Waals surface area contributed by atoms with Crippen LogP contribution in [-0.2, 0) is 13.0 Å². The van der Waals surface area contributed by atoms with Crippen molar-refractivity contribution in [2.24, 2.45) is 0 Å². The Hall–Kier alpha value is -2.44. The van der Waals surface area contributed by atoms with Gasteiger partial charge in [0.05, 0.1) is 6.54 Å². The number of hydrogen-bond acceptors (Lipinski definition) is 2. The van der Waals surface area contributed by atoms with Crippen LogP contribution in [0, 0.1) is 5.82 Å². The first kappa shape index (κ1) is 18.4. The van der Waals surface area contributed by atoms with Crippen molar-refractivity contribution >= 4 is 34.7 Å². The lowest BCUT2D eigenvalue weighted by Crippen LogP contribution is -2.30. The molecule has 0 aliphatic carbocycles. The smallest absolute Gasteiger partial charge is 0.173 e. The van der Waals surface area contributed by atoms with E-state index in [1.807, 2.05) is 24.3 Å². The lowest BCUT2D eigenvalue weighted by Gasteiger charge is -2.09. The second-order valence-corrected chi connectivity index (χ2v) is 6.59. The van der Waals surface area contributed by atoms with E-state index in [0.29, 0.717) is 29.0 Å². The molecule has 0 unspecified atom stereocenters. The first-order chi connectivity index (χ1) is 12.6. The first-order valence-corrected chi connectivity index (χ1v) is 8.95. The second kappa shape index (κ2) is 8.78. The van der Waals surface area contributed by atoms with Crippen molar-refractivity contribution in [2.75, 3.05) is 11.9 Å². The zero-order chi connectivity index (χ0) is 18.4. The van der Waals surface area contributed by atoms with Crippen LogP contribution in [0.25, 0.3) is 0 Å². The lowest BCUT2D eigenvalue weighted by molar-refractivity contribution is 0.619. The van der Waals surface area contributed by atoms with Crippen molar-refractivity contribution in [3.63, 3.8) is 0 Å². The molecule has 0 amide bonds. The van der Waals surface area contributed by atoms with E-state index in [1.54, 1.807) is 16.9 Å². The standard InChI is InChI=1S/C19H18ClFN4S/c20-17-13-25(12-15-7-4-8-16(21)11-15)24-18(17)23-19(26)22-10-9-14-5-2-1-3-6-14/h1-8,11,13H,9-10,12H2,(H2,22,23,24,26). The number of aromatic nitrogens is 2. The van der Waals surface area contributed by atoms with Gasteiger partial charge < -0.3 is 10.6 Å². The van der Waals surface area contributed by atoms with Gasteiger partial charge in [-0.2, -0.15) is 5.10 Å². The monoisotopic (exact) mass is 388 g/mol. The van der Waals surface area contributed by atoms with Gasteiger partial charge in [0.1, 0.15) is 10.8 Å². The molecule has 0 spiro atoms. The molecule has 3 aromatic rings. The van der Waals surface area contributed by atoms with Crippen LogP contribution in [0.1, 0.15) is 11.1 Å². The summed E-state index contributed by atoms with van der Waals surface area (Å²) in [5, 5.41) is 11.4. The lowest BCUT2D eigenvalue weighted by atomic mass is 10.1. The van der Waals surface area contributed by atoms with Crippen molar-refractivity contribution in [1.82, 2.24) is 15.1 Å². The zero-order valence-electron chi connectivity index (χ0n) is 14.0. The SMILES string of the molecule is Fc1cccc(Cn2cc(Cl)c(NC(=S)NCCc3ccccc3)n2)c1. The molecule has 0 aliphatic rings. The number of thiocarbonyl (C=S) groups is 1. The fourth-order valence-electron chi connectivity index (χ4n) is 2.50. The van der Waals surface area contributed by atoms with E-state index in [9.17, 15) is 4.39 Å². The predicted molar refractivity (Wildman–Crippen MR) is 107 cm³/mol. The molecule has 0 saturated heterocycles. The summed E-state index contributed by atoms with van der Waals surface area (Å²) in [6.45, 7) is 1.13. The van der Waals surface area contributed by atoms with Gasteiger partial charge in [-0.15, -0.1) is 0 Å². The summed E-state index contributed by atoms with van der Waals surface area (Å²) in [4.78, 5) is 0. The Balaban J connectivity index is 1.53. The van der Waals surface area contributed by atoms with Gasteiger partial charge in [-0.3, -0.25) is 4.68 Å². The topological polar surface area (TPSA) is 41.9 Å². The molecule has 2 N–H and O–H groups in total. The van der Waals surface area contributed by atoms with Crippen LogP contribution in [0.3, 0.4) is 0 Å². The van der Waals surface area contributed by atoms with Crippen LogP contribution in [0.15, 0.2) is 60.8 Å². The Bertz CT molecular complexity index is 882. The third-order valence-corrected chi connectivity index (χ3v) is 4.25. The Labute approximate surface area is 162 Å². The second-order valence-electron chi connectivity index (χ2n) is 5.77. The van der Waals surface area contributed by atoms with Gasteiger partial charge in [0.2, 0.25) is 0 Å². The number of hydrogen-bond donors (Lipinski definition) is 2. The fourth-order valence-corrected chi connectivity index (χ4v) is 2.90. The minimum atomic E-state index is -0.275. The van der Waals surface area contributed by atoms with Gasteiger partial charge in [0, 0.05) is 12.7 Å². The molecule has 7 heteroatoms. The number of anilines is 1. The van der Waals surface area contributed by atoms with Gasteiger partial charge >= 0.3 is 0 Å². The van der Waals surface area contributed by atoms with Gasteiger partial charge in [0.15, 0.2) is 10.9 Å². The maximum atomic E-state index is 13.3. The number of halogens is 2. The third-order valence-electron chi connectivity index (χ3n) is 3.72. The molecule has 0 saturated carbocycles. The zero-order valence-corrected chi connectivity index (χ0v) is 15.5.